The Morgan fingerprint density at radius 2 is 1.27 bits per heavy atom. The van der Waals surface area contributed by atoms with Crippen LogP contribution in [0.5, 0.6) is 0 Å². The fourth-order valence-corrected chi connectivity index (χ4v) is 2.11. The normalized spacial score (nSPS) is 11.7. The monoisotopic (exact) mass is 316 g/mol. The van der Waals surface area contributed by atoms with Gasteiger partial charge in [0, 0.05) is 26.7 Å². The van der Waals surface area contributed by atoms with Crippen LogP contribution in [0.3, 0.4) is 0 Å². The second kappa shape index (κ2) is 13.1. The minimum Gasteiger partial charge on any atom is -0.481 e. The van der Waals surface area contributed by atoms with Gasteiger partial charge in [-0.2, -0.15) is 0 Å². The molecule has 0 aromatic heterocycles. The SMILES string of the molecule is CC(=O)OC(C)OC(=O)CCCCCCCCCCC(=O)O. The Hall–Kier alpha value is -1.59. The average Bonchev–Trinajstić information content (AvgIpc) is 2.39. The molecule has 1 unspecified atom stereocenters. The Kier molecular flexibility index (Phi) is 12.2. The van der Waals surface area contributed by atoms with Crippen LogP contribution >= 0.6 is 0 Å². The van der Waals surface area contributed by atoms with Gasteiger partial charge in [0.2, 0.25) is 6.29 Å². The summed E-state index contributed by atoms with van der Waals surface area (Å²) in [5.41, 5.74) is 0. The van der Waals surface area contributed by atoms with Crippen molar-refractivity contribution in [2.24, 2.45) is 0 Å². The number of carboxylic acids is 1. The third-order valence-electron chi connectivity index (χ3n) is 3.15. The minimum absolute atomic E-state index is 0.258. The van der Waals surface area contributed by atoms with Crippen molar-refractivity contribution in [2.45, 2.75) is 84.3 Å². The highest BCUT2D eigenvalue weighted by molar-refractivity contribution is 5.70. The molecule has 0 aromatic rings. The summed E-state index contributed by atoms with van der Waals surface area (Å²) < 4.78 is 9.63. The van der Waals surface area contributed by atoms with Crippen molar-refractivity contribution in [3.8, 4) is 0 Å². The van der Waals surface area contributed by atoms with Crippen LogP contribution in [-0.2, 0) is 23.9 Å². The second-order valence-electron chi connectivity index (χ2n) is 5.39. The van der Waals surface area contributed by atoms with Crippen LogP contribution in [0, 0.1) is 0 Å². The highest BCUT2D eigenvalue weighted by Gasteiger charge is 2.11. The van der Waals surface area contributed by atoms with Crippen LogP contribution in [0.25, 0.3) is 0 Å². The molecule has 0 rings (SSSR count). The first-order valence-corrected chi connectivity index (χ1v) is 8.00. The molecule has 0 aliphatic carbocycles. The summed E-state index contributed by atoms with van der Waals surface area (Å²) in [5.74, 6) is -1.54. The number of unbranched alkanes of at least 4 members (excludes halogenated alkanes) is 7. The van der Waals surface area contributed by atoms with Gasteiger partial charge in [0.1, 0.15) is 0 Å². The zero-order valence-corrected chi connectivity index (χ0v) is 13.6. The van der Waals surface area contributed by atoms with Gasteiger partial charge in [-0.1, -0.05) is 38.5 Å². The predicted octanol–water partition coefficient (Wildman–Crippen LogP) is 3.42. The second-order valence-corrected chi connectivity index (χ2v) is 5.39. The van der Waals surface area contributed by atoms with Crippen LogP contribution in [0.1, 0.15) is 78.1 Å². The maximum absolute atomic E-state index is 11.4. The van der Waals surface area contributed by atoms with Crippen molar-refractivity contribution < 1.29 is 29.0 Å². The number of carboxylic acid groups (broad SMARTS) is 1. The minimum atomic E-state index is -0.823. The highest BCUT2D eigenvalue weighted by Crippen LogP contribution is 2.11. The average molecular weight is 316 g/mol. The van der Waals surface area contributed by atoms with E-state index in [4.69, 9.17) is 14.6 Å². The number of carbonyl (C=O) groups excluding carboxylic acids is 2. The van der Waals surface area contributed by atoms with E-state index in [1.54, 1.807) is 0 Å². The van der Waals surface area contributed by atoms with Crippen LogP contribution < -0.4 is 0 Å². The Balaban J connectivity index is 3.33. The lowest BCUT2D eigenvalue weighted by molar-refractivity contribution is -0.182. The molecule has 1 N–H and O–H groups in total. The molecule has 0 saturated heterocycles. The summed E-state index contributed by atoms with van der Waals surface area (Å²) in [6.45, 7) is 2.79. The van der Waals surface area contributed by atoms with Gasteiger partial charge in [-0.3, -0.25) is 14.4 Å². The van der Waals surface area contributed by atoms with Gasteiger partial charge >= 0.3 is 17.9 Å². The highest BCUT2D eigenvalue weighted by atomic mass is 16.7. The molecule has 0 aromatic carbocycles. The van der Waals surface area contributed by atoms with Gasteiger partial charge in [-0.25, -0.2) is 0 Å². The first kappa shape index (κ1) is 20.4. The summed E-state index contributed by atoms with van der Waals surface area (Å²) in [5, 5.41) is 8.49. The van der Waals surface area contributed by atoms with E-state index in [9.17, 15) is 14.4 Å². The molecule has 6 nitrogen and oxygen atoms in total. The van der Waals surface area contributed by atoms with Crippen LogP contribution in [-0.4, -0.2) is 29.3 Å². The van der Waals surface area contributed by atoms with Crippen molar-refractivity contribution in [2.75, 3.05) is 0 Å². The van der Waals surface area contributed by atoms with E-state index >= 15 is 0 Å². The standard InChI is InChI=1S/C16H28O6/c1-13(17)21-14(2)22-16(20)12-10-8-6-4-3-5-7-9-11-15(18)19/h14H,3-12H2,1-2H3,(H,18,19). The molecule has 0 saturated carbocycles. The Bertz CT molecular complexity index is 340. The molecule has 0 fully saturated rings. The predicted molar refractivity (Wildman–Crippen MR) is 81.1 cm³/mol. The summed E-state index contributed by atoms with van der Waals surface area (Å²) in [4.78, 5) is 32.4. The Morgan fingerprint density at radius 3 is 1.73 bits per heavy atom. The van der Waals surface area contributed by atoms with Gasteiger partial charge in [0.25, 0.3) is 0 Å². The molecule has 22 heavy (non-hydrogen) atoms. The van der Waals surface area contributed by atoms with E-state index in [0.29, 0.717) is 6.42 Å². The number of carbonyl (C=O) groups is 3. The maximum atomic E-state index is 11.4. The molecule has 6 heteroatoms. The third kappa shape index (κ3) is 14.8. The van der Waals surface area contributed by atoms with Crippen molar-refractivity contribution in [1.29, 1.82) is 0 Å². The lowest BCUT2D eigenvalue weighted by Crippen LogP contribution is -2.20. The maximum Gasteiger partial charge on any atom is 0.308 e. The molecule has 0 aliphatic rings. The third-order valence-corrected chi connectivity index (χ3v) is 3.15. The smallest absolute Gasteiger partial charge is 0.308 e. The Morgan fingerprint density at radius 1 is 0.818 bits per heavy atom. The van der Waals surface area contributed by atoms with Crippen LogP contribution in [0.4, 0.5) is 0 Å². The number of esters is 2. The quantitative estimate of drug-likeness (QED) is 0.318. The summed E-state index contributed by atoms with van der Waals surface area (Å²) in [6.07, 6.45) is 7.56. The van der Waals surface area contributed by atoms with Gasteiger partial charge in [0.15, 0.2) is 0 Å². The first-order chi connectivity index (χ1) is 10.4. The molecule has 0 heterocycles. The zero-order chi connectivity index (χ0) is 16.8. The van der Waals surface area contributed by atoms with Crippen LogP contribution in [0.2, 0.25) is 0 Å². The largest absolute Gasteiger partial charge is 0.481 e. The molecule has 0 aliphatic heterocycles. The number of aliphatic carboxylic acids is 1. The molecular weight excluding hydrogens is 288 g/mol. The number of hydrogen-bond donors (Lipinski definition) is 1. The fraction of sp³-hybridized carbons (Fsp3) is 0.812. The number of hydrogen-bond acceptors (Lipinski definition) is 5. The van der Waals surface area contributed by atoms with Crippen molar-refractivity contribution >= 4 is 17.9 Å². The first-order valence-electron chi connectivity index (χ1n) is 8.00. The summed E-state index contributed by atoms with van der Waals surface area (Å²) in [7, 11) is 0. The molecular formula is C16H28O6. The van der Waals surface area contributed by atoms with E-state index < -0.39 is 18.2 Å². The van der Waals surface area contributed by atoms with E-state index in [2.05, 4.69) is 0 Å². The topological polar surface area (TPSA) is 89.9 Å². The van der Waals surface area contributed by atoms with Gasteiger partial charge < -0.3 is 14.6 Å². The fourth-order valence-electron chi connectivity index (χ4n) is 2.11. The summed E-state index contributed by atoms with van der Waals surface area (Å²) in [6, 6.07) is 0. The van der Waals surface area contributed by atoms with E-state index in [0.717, 1.165) is 51.4 Å². The van der Waals surface area contributed by atoms with E-state index in [1.807, 2.05) is 0 Å². The lowest BCUT2D eigenvalue weighted by atomic mass is 10.1. The lowest BCUT2D eigenvalue weighted by Gasteiger charge is -2.12. The number of ether oxygens (including phenoxy) is 2. The van der Waals surface area contributed by atoms with E-state index in [1.165, 1.54) is 13.8 Å². The van der Waals surface area contributed by atoms with Gasteiger partial charge in [-0.05, 0) is 12.8 Å². The Labute approximate surface area is 132 Å². The zero-order valence-electron chi connectivity index (χ0n) is 13.6. The molecule has 128 valence electrons. The van der Waals surface area contributed by atoms with Crippen molar-refractivity contribution in [3.05, 3.63) is 0 Å². The molecule has 1 atom stereocenters. The molecule has 0 spiro atoms. The summed E-state index contributed by atoms with van der Waals surface area (Å²) >= 11 is 0. The molecule has 0 amide bonds. The van der Waals surface area contributed by atoms with Gasteiger partial charge in [0.05, 0.1) is 0 Å². The molecule has 0 radical (unpaired) electrons. The number of rotatable bonds is 13. The molecule has 0 bridgehead atoms. The van der Waals surface area contributed by atoms with Crippen molar-refractivity contribution in [1.82, 2.24) is 0 Å². The van der Waals surface area contributed by atoms with Crippen molar-refractivity contribution in [3.63, 3.8) is 0 Å². The van der Waals surface area contributed by atoms with Gasteiger partial charge in [-0.15, -0.1) is 0 Å². The van der Waals surface area contributed by atoms with Crippen LogP contribution in [0.15, 0.2) is 0 Å². The van der Waals surface area contributed by atoms with E-state index in [-0.39, 0.29) is 12.4 Å².